The van der Waals surface area contributed by atoms with E-state index in [1.807, 2.05) is 66.9 Å². The van der Waals surface area contributed by atoms with Gasteiger partial charge in [0, 0.05) is 6.21 Å². The average molecular weight is 359 g/mol. The lowest BCUT2D eigenvalue weighted by Crippen LogP contribution is -2.10. The minimum absolute atomic E-state index is 0.0555. The fourth-order valence-electron chi connectivity index (χ4n) is 2.68. The van der Waals surface area contributed by atoms with Crippen LogP contribution in [0.1, 0.15) is 31.9 Å². The Labute approximate surface area is 161 Å². The number of benzene rings is 3. The van der Waals surface area contributed by atoms with Gasteiger partial charge in [0.05, 0.1) is 7.11 Å². The van der Waals surface area contributed by atoms with Crippen LogP contribution >= 0.6 is 0 Å². The van der Waals surface area contributed by atoms with Crippen LogP contribution in [-0.2, 0) is 5.41 Å². The van der Waals surface area contributed by atoms with Gasteiger partial charge >= 0.3 is 0 Å². The highest BCUT2D eigenvalue weighted by molar-refractivity contribution is 5.83. The van der Waals surface area contributed by atoms with Gasteiger partial charge in [0.1, 0.15) is 22.9 Å². The SMILES string of the molecule is COc1ccc(C(C)(C)C)cc1N=Cc1cccc(Oc2ccccc2)c1. The molecule has 0 aliphatic rings. The summed E-state index contributed by atoms with van der Waals surface area (Å²) in [5.41, 5.74) is 3.06. The van der Waals surface area contributed by atoms with Crippen molar-refractivity contribution in [3.63, 3.8) is 0 Å². The van der Waals surface area contributed by atoms with Crippen molar-refractivity contribution in [2.75, 3.05) is 7.11 Å². The zero-order valence-electron chi connectivity index (χ0n) is 16.3. The Morgan fingerprint density at radius 1 is 0.815 bits per heavy atom. The monoisotopic (exact) mass is 359 g/mol. The van der Waals surface area contributed by atoms with Gasteiger partial charge in [-0.25, -0.2) is 0 Å². The number of rotatable bonds is 5. The van der Waals surface area contributed by atoms with Crippen LogP contribution in [0.2, 0.25) is 0 Å². The second-order valence-electron chi connectivity index (χ2n) is 7.38. The van der Waals surface area contributed by atoms with E-state index in [1.54, 1.807) is 7.11 Å². The van der Waals surface area contributed by atoms with E-state index in [-0.39, 0.29) is 5.41 Å². The molecule has 3 rings (SSSR count). The fraction of sp³-hybridized carbons (Fsp3) is 0.208. The maximum absolute atomic E-state index is 5.89. The van der Waals surface area contributed by atoms with Gasteiger partial charge in [0.25, 0.3) is 0 Å². The number of hydrogen-bond acceptors (Lipinski definition) is 3. The van der Waals surface area contributed by atoms with Crippen molar-refractivity contribution >= 4 is 11.9 Å². The first-order chi connectivity index (χ1) is 13.0. The summed E-state index contributed by atoms with van der Waals surface area (Å²) >= 11 is 0. The Kier molecular flexibility index (Phi) is 5.60. The molecule has 0 unspecified atom stereocenters. The van der Waals surface area contributed by atoms with Crippen molar-refractivity contribution in [3.05, 3.63) is 83.9 Å². The summed E-state index contributed by atoms with van der Waals surface area (Å²) in [6.45, 7) is 6.56. The maximum atomic E-state index is 5.89. The predicted octanol–water partition coefficient (Wildman–Crippen LogP) is 6.54. The van der Waals surface area contributed by atoms with Crippen LogP contribution in [0, 0.1) is 0 Å². The molecular weight excluding hydrogens is 334 g/mol. The Hall–Kier alpha value is -3.07. The molecule has 0 spiro atoms. The van der Waals surface area contributed by atoms with Crippen LogP contribution < -0.4 is 9.47 Å². The molecule has 0 bridgehead atoms. The fourth-order valence-corrected chi connectivity index (χ4v) is 2.68. The second-order valence-corrected chi connectivity index (χ2v) is 7.38. The molecule has 3 aromatic rings. The lowest BCUT2D eigenvalue weighted by Gasteiger charge is -2.20. The molecule has 138 valence electrons. The first kappa shape index (κ1) is 18.7. The van der Waals surface area contributed by atoms with Crippen molar-refractivity contribution in [1.82, 2.24) is 0 Å². The van der Waals surface area contributed by atoms with E-state index in [0.717, 1.165) is 28.5 Å². The predicted molar refractivity (Wildman–Crippen MR) is 112 cm³/mol. The average Bonchev–Trinajstić information content (AvgIpc) is 2.66. The van der Waals surface area contributed by atoms with E-state index in [2.05, 4.69) is 37.9 Å². The lowest BCUT2D eigenvalue weighted by molar-refractivity contribution is 0.415. The zero-order valence-corrected chi connectivity index (χ0v) is 16.3. The highest BCUT2D eigenvalue weighted by Crippen LogP contribution is 2.33. The van der Waals surface area contributed by atoms with Gasteiger partial charge in [-0.2, -0.15) is 0 Å². The number of methoxy groups -OCH3 is 1. The Bertz CT molecular complexity index is 925. The molecule has 0 atom stereocenters. The van der Waals surface area contributed by atoms with Gasteiger partial charge in [-0.3, -0.25) is 4.99 Å². The number of hydrogen-bond donors (Lipinski definition) is 0. The summed E-state index contributed by atoms with van der Waals surface area (Å²) < 4.78 is 11.4. The van der Waals surface area contributed by atoms with Crippen LogP contribution in [0.5, 0.6) is 17.2 Å². The second kappa shape index (κ2) is 8.09. The molecule has 3 aromatic carbocycles. The molecule has 0 radical (unpaired) electrons. The normalized spacial score (nSPS) is 11.6. The van der Waals surface area contributed by atoms with Crippen molar-refractivity contribution in [2.45, 2.75) is 26.2 Å². The molecule has 0 fully saturated rings. The topological polar surface area (TPSA) is 30.8 Å². The number of nitrogens with zero attached hydrogens (tertiary/aromatic N) is 1. The quantitative estimate of drug-likeness (QED) is 0.485. The molecule has 0 N–H and O–H groups in total. The lowest BCUT2D eigenvalue weighted by atomic mass is 9.87. The smallest absolute Gasteiger partial charge is 0.144 e. The van der Waals surface area contributed by atoms with E-state index in [4.69, 9.17) is 9.47 Å². The summed E-state index contributed by atoms with van der Waals surface area (Å²) in [4.78, 5) is 4.66. The van der Waals surface area contributed by atoms with Gasteiger partial charge < -0.3 is 9.47 Å². The third kappa shape index (κ3) is 4.98. The van der Waals surface area contributed by atoms with Crippen LogP contribution in [0.3, 0.4) is 0 Å². The number of ether oxygens (including phenoxy) is 2. The number of para-hydroxylation sites is 1. The maximum Gasteiger partial charge on any atom is 0.144 e. The summed E-state index contributed by atoms with van der Waals surface area (Å²) in [6, 6.07) is 23.8. The van der Waals surface area contributed by atoms with Gasteiger partial charge in [-0.15, -0.1) is 0 Å². The zero-order chi connectivity index (χ0) is 19.3. The van der Waals surface area contributed by atoms with Crippen molar-refractivity contribution in [1.29, 1.82) is 0 Å². The van der Waals surface area contributed by atoms with Crippen molar-refractivity contribution in [2.24, 2.45) is 4.99 Å². The van der Waals surface area contributed by atoms with Crippen LogP contribution in [0.4, 0.5) is 5.69 Å². The highest BCUT2D eigenvalue weighted by Gasteiger charge is 2.15. The minimum Gasteiger partial charge on any atom is -0.494 e. The molecule has 27 heavy (non-hydrogen) atoms. The van der Waals surface area contributed by atoms with Gasteiger partial charge in [-0.05, 0) is 52.9 Å². The summed E-state index contributed by atoms with van der Waals surface area (Å²) in [5.74, 6) is 2.35. The number of aliphatic imine (C=N–C) groups is 1. The molecule has 0 amide bonds. The van der Waals surface area contributed by atoms with Crippen LogP contribution in [0.15, 0.2) is 77.8 Å². The first-order valence-corrected chi connectivity index (χ1v) is 9.01. The van der Waals surface area contributed by atoms with Crippen molar-refractivity contribution < 1.29 is 9.47 Å². The van der Waals surface area contributed by atoms with Crippen LogP contribution in [0.25, 0.3) is 0 Å². The molecule has 0 heterocycles. The summed E-state index contributed by atoms with van der Waals surface area (Å²) in [7, 11) is 1.67. The van der Waals surface area contributed by atoms with E-state index in [1.165, 1.54) is 5.56 Å². The summed E-state index contributed by atoms with van der Waals surface area (Å²) in [5, 5.41) is 0. The van der Waals surface area contributed by atoms with Crippen LogP contribution in [-0.4, -0.2) is 13.3 Å². The van der Waals surface area contributed by atoms with Crippen molar-refractivity contribution in [3.8, 4) is 17.2 Å². The van der Waals surface area contributed by atoms with E-state index >= 15 is 0 Å². The summed E-state index contributed by atoms with van der Waals surface area (Å²) in [6.07, 6.45) is 1.84. The molecule has 0 aliphatic carbocycles. The third-order valence-corrected chi connectivity index (χ3v) is 4.23. The van der Waals surface area contributed by atoms with Gasteiger partial charge in [0.15, 0.2) is 0 Å². The van der Waals surface area contributed by atoms with E-state index in [9.17, 15) is 0 Å². The van der Waals surface area contributed by atoms with Gasteiger partial charge in [0.2, 0.25) is 0 Å². The largest absolute Gasteiger partial charge is 0.494 e. The van der Waals surface area contributed by atoms with E-state index < -0.39 is 0 Å². The van der Waals surface area contributed by atoms with E-state index in [0.29, 0.717) is 0 Å². The molecule has 0 saturated carbocycles. The molecule has 0 aromatic heterocycles. The standard InChI is InChI=1S/C24H25NO2/c1-24(2,3)19-13-14-23(26-4)22(16-19)25-17-18-9-8-12-21(15-18)27-20-10-6-5-7-11-20/h5-17H,1-4H3. The van der Waals surface area contributed by atoms with Gasteiger partial charge in [-0.1, -0.05) is 57.2 Å². The molecule has 3 nitrogen and oxygen atoms in total. The third-order valence-electron chi connectivity index (χ3n) is 4.23. The molecular formula is C24H25NO2. The highest BCUT2D eigenvalue weighted by atomic mass is 16.5. The molecule has 0 saturated heterocycles. The Morgan fingerprint density at radius 2 is 1.56 bits per heavy atom. The molecule has 0 aliphatic heterocycles. The minimum atomic E-state index is 0.0555. The first-order valence-electron chi connectivity index (χ1n) is 9.01. The molecule has 3 heteroatoms. The Morgan fingerprint density at radius 3 is 2.26 bits per heavy atom. The Balaban J connectivity index is 1.85.